The first-order valence-corrected chi connectivity index (χ1v) is 4.76. The van der Waals surface area contributed by atoms with Gasteiger partial charge in [-0.15, -0.1) is 11.8 Å². The Labute approximate surface area is 83.2 Å². The van der Waals surface area contributed by atoms with Crippen LogP contribution in [0.25, 0.3) is 0 Å². The van der Waals surface area contributed by atoms with Gasteiger partial charge in [-0.2, -0.15) is 0 Å². The SMILES string of the molecule is CSc1c([N+](=O)[O-])cccc1[N+](=O)[O-]. The molecule has 6 nitrogen and oxygen atoms in total. The molecule has 1 rings (SSSR count). The third-order valence-corrected chi connectivity index (χ3v) is 2.40. The summed E-state index contributed by atoms with van der Waals surface area (Å²) in [6.45, 7) is 0. The van der Waals surface area contributed by atoms with E-state index in [2.05, 4.69) is 0 Å². The monoisotopic (exact) mass is 214 g/mol. The quantitative estimate of drug-likeness (QED) is 0.437. The summed E-state index contributed by atoms with van der Waals surface area (Å²) < 4.78 is 0. The zero-order valence-corrected chi connectivity index (χ0v) is 7.98. The van der Waals surface area contributed by atoms with Gasteiger partial charge in [-0.25, -0.2) is 0 Å². The maximum Gasteiger partial charge on any atom is 0.289 e. The summed E-state index contributed by atoms with van der Waals surface area (Å²) in [5.41, 5.74) is -0.460. The molecule has 0 aliphatic heterocycles. The smallest absolute Gasteiger partial charge is 0.258 e. The minimum absolute atomic E-state index is 0.0856. The van der Waals surface area contributed by atoms with Crippen LogP contribution in [-0.2, 0) is 0 Å². The summed E-state index contributed by atoms with van der Waals surface area (Å²) in [5, 5.41) is 21.1. The lowest BCUT2D eigenvalue weighted by Crippen LogP contribution is -1.95. The number of nitrogens with zero attached hydrogens (tertiary/aromatic N) is 2. The molecule has 0 bridgehead atoms. The van der Waals surface area contributed by atoms with Crippen molar-refractivity contribution in [3.63, 3.8) is 0 Å². The molecule has 1 aromatic carbocycles. The van der Waals surface area contributed by atoms with Crippen LogP contribution in [-0.4, -0.2) is 16.1 Å². The molecule has 0 saturated carbocycles. The van der Waals surface area contributed by atoms with E-state index in [9.17, 15) is 20.2 Å². The van der Waals surface area contributed by atoms with E-state index in [1.54, 1.807) is 6.26 Å². The van der Waals surface area contributed by atoms with Crippen molar-refractivity contribution in [2.75, 3.05) is 6.26 Å². The summed E-state index contributed by atoms with van der Waals surface area (Å²) in [5.74, 6) is 0. The Kier molecular flexibility index (Phi) is 3.03. The second-order valence-corrected chi connectivity index (χ2v) is 3.16. The number of rotatable bonds is 3. The number of nitro benzene ring substituents is 2. The molecule has 0 amide bonds. The highest BCUT2D eigenvalue weighted by atomic mass is 32.2. The van der Waals surface area contributed by atoms with Crippen LogP contribution in [0.4, 0.5) is 11.4 Å². The molecule has 1 aromatic rings. The number of nitro groups is 2. The van der Waals surface area contributed by atoms with Gasteiger partial charge in [0, 0.05) is 12.1 Å². The fourth-order valence-electron chi connectivity index (χ4n) is 1.01. The van der Waals surface area contributed by atoms with E-state index in [0.29, 0.717) is 0 Å². The second kappa shape index (κ2) is 4.05. The normalized spacial score (nSPS) is 9.79. The van der Waals surface area contributed by atoms with Crippen molar-refractivity contribution in [3.05, 3.63) is 38.4 Å². The number of hydrogen-bond acceptors (Lipinski definition) is 5. The van der Waals surface area contributed by atoms with Crippen LogP contribution in [0.1, 0.15) is 0 Å². The van der Waals surface area contributed by atoms with Gasteiger partial charge in [0.1, 0.15) is 0 Å². The molecule has 74 valence electrons. The lowest BCUT2D eigenvalue weighted by Gasteiger charge is -1.99. The Morgan fingerprint density at radius 1 is 1.14 bits per heavy atom. The topological polar surface area (TPSA) is 86.3 Å². The van der Waals surface area contributed by atoms with Crippen LogP contribution in [0.15, 0.2) is 23.1 Å². The predicted molar refractivity (Wildman–Crippen MR) is 51.5 cm³/mol. The highest BCUT2D eigenvalue weighted by molar-refractivity contribution is 7.98. The first-order valence-electron chi connectivity index (χ1n) is 3.53. The first kappa shape index (κ1) is 10.5. The van der Waals surface area contributed by atoms with E-state index in [4.69, 9.17) is 0 Å². The third-order valence-electron chi connectivity index (χ3n) is 1.57. The molecule has 14 heavy (non-hydrogen) atoms. The lowest BCUT2D eigenvalue weighted by atomic mass is 10.3. The Bertz CT molecular complexity index is 361. The van der Waals surface area contributed by atoms with Gasteiger partial charge in [-0.1, -0.05) is 0 Å². The lowest BCUT2D eigenvalue weighted by molar-refractivity contribution is -0.399. The molecule has 0 fully saturated rings. The standard InChI is InChI=1S/C7H6N2O4S/c1-14-7-5(8(10)11)3-2-4-6(7)9(12)13/h2-4H,1H3. The van der Waals surface area contributed by atoms with Crippen LogP contribution in [0, 0.1) is 20.2 Å². The second-order valence-electron chi connectivity index (χ2n) is 2.34. The van der Waals surface area contributed by atoms with E-state index >= 15 is 0 Å². The van der Waals surface area contributed by atoms with Crippen molar-refractivity contribution >= 4 is 23.1 Å². The highest BCUT2D eigenvalue weighted by Gasteiger charge is 2.23. The highest BCUT2D eigenvalue weighted by Crippen LogP contribution is 2.35. The molecular weight excluding hydrogens is 208 g/mol. The van der Waals surface area contributed by atoms with Gasteiger partial charge < -0.3 is 0 Å². The molecule has 0 aromatic heterocycles. The number of thioether (sulfide) groups is 1. The fourth-order valence-corrected chi connectivity index (χ4v) is 1.71. The minimum Gasteiger partial charge on any atom is -0.258 e. The van der Waals surface area contributed by atoms with Crippen LogP contribution in [0.5, 0.6) is 0 Å². The Hall–Kier alpha value is -1.63. The zero-order valence-electron chi connectivity index (χ0n) is 7.17. The fraction of sp³-hybridized carbons (Fsp3) is 0.143. The van der Waals surface area contributed by atoms with Crippen molar-refractivity contribution in [1.29, 1.82) is 0 Å². The molecule has 0 aliphatic rings. The third kappa shape index (κ3) is 1.82. The zero-order chi connectivity index (χ0) is 10.7. The van der Waals surface area contributed by atoms with Crippen LogP contribution < -0.4 is 0 Å². The Morgan fingerprint density at radius 3 is 1.86 bits per heavy atom. The molecule has 0 saturated heterocycles. The molecule has 0 aliphatic carbocycles. The maximum absolute atomic E-state index is 10.5. The van der Waals surface area contributed by atoms with Gasteiger partial charge in [-0.05, 0) is 12.3 Å². The van der Waals surface area contributed by atoms with Crippen molar-refractivity contribution in [2.24, 2.45) is 0 Å². The number of benzene rings is 1. The van der Waals surface area contributed by atoms with Crippen molar-refractivity contribution < 1.29 is 9.85 Å². The maximum atomic E-state index is 10.5. The van der Waals surface area contributed by atoms with E-state index in [-0.39, 0.29) is 16.3 Å². The molecule has 0 atom stereocenters. The molecule has 0 heterocycles. The molecule has 0 N–H and O–H groups in total. The summed E-state index contributed by atoms with van der Waals surface area (Å²) >= 11 is 0.995. The van der Waals surface area contributed by atoms with E-state index in [0.717, 1.165) is 11.8 Å². The average Bonchev–Trinajstić information content (AvgIpc) is 2.16. The summed E-state index contributed by atoms with van der Waals surface area (Å²) in [6.07, 6.45) is 1.56. The molecule has 7 heteroatoms. The van der Waals surface area contributed by atoms with Crippen LogP contribution >= 0.6 is 11.8 Å². The van der Waals surface area contributed by atoms with E-state index < -0.39 is 9.85 Å². The largest absolute Gasteiger partial charge is 0.289 e. The molecule has 0 radical (unpaired) electrons. The van der Waals surface area contributed by atoms with Gasteiger partial charge in [-0.3, -0.25) is 20.2 Å². The van der Waals surface area contributed by atoms with Crippen molar-refractivity contribution in [1.82, 2.24) is 0 Å². The molecule has 0 spiro atoms. The predicted octanol–water partition coefficient (Wildman–Crippen LogP) is 2.22. The van der Waals surface area contributed by atoms with Gasteiger partial charge in [0.05, 0.1) is 9.85 Å². The van der Waals surface area contributed by atoms with Crippen molar-refractivity contribution in [3.8, 4) is 0 Å². The van der Waals surface area contributed by atoms with Gasteiger partial charge in [0.15, 0.2) is 4.90 Å². The van der Waals surface area contributed by atoms with E-state index in [1.165, 1.54) is 18.2 Å². The number of hydrogen-bond donors (Lipinski definition) is 0. The Morgan fingerprint density at radius 2 is 1.57 bits per heavy atom. The average molecular weight is 214 g/mol. The Balaban J connectivity index is 3.39. The molecular formula is C7H6N2O4S. The molecule has 0 unspecified atom stereocenters. The summed E-state index contributed by atoms with van der Waals surface area (Å²) in [7, 11) is 0. The van der Waals surface area contributed by atoms with Gasteiger partial charge >= 0.3 is 0 Å². The van der Waals surface area contributed by atoms with Gasteiger partial charge in [0.2, 0.25) is 0 Å². The van der Waals surface area contributed by atoms with E-state index in [1.807, 2.05) is 0 Å². The van der Waals surface area contributed by atoms with Crippen molar-refractivity contribution in [2.45, 2.75) is 4.90 Å². The first-order chi connectivity index (χ1) is 6.57. The van der Waals surface area contributed by atoms with Crippen LogP contribution in [0.2, 0.25) is 0 Å². The summed E-state index contributed by atoms with van der Waals surface area (Å²) in [6, 6.07) is 3.80. The van der Waals surface area contributed by atoms with Gasteiger partial charge in [0.25, 0.3) is 11.4 Å². The van der Waals surface area contributed by atoms with Crippen LogP contribution in [0.3, 0.4) is 0 Å². The minimum atomic E-state index is -0.626. The summed E-state index contributed by atoms with van der Waals surface area (Å²) in [4.78, 5) is 19.9.